The molecule has 0 spiro atoms. The fourth-order valence-electron chi connectivity index (χ4n) is 5.40. The summed E-state index contributed by atoms with van der Waals surface area (Å²) in [6.45, 7) is 7.87. The first-order valence-electron chi connectivity index (χ1n) is 13.4. The molecule has 0 bridgehead atoms. The third-order valence-corrected chi connectivity index (χ3v) is 11.0. The molecule has 3 aromatic rings. The summed E-state index contributed by atoms with van der Waals surface area (Å²) in [4.78, 5) is 26.2. The van der Waals surface area contributed by atoms with Gasteiger partial charge in [-0.2, -0.15) is 0 Å². The zero-order valence-electron chi connectivity index (χ0n) is 23.4. The monoisotopic (exact) mass is 581 g/mol. The number of benzene rings is 3. The molecule has 1 amide bonds. The topological polar surface area (TPSA) is 117 Å². The van der Waals surface area contributed by atoms with Crippen molar-refractivity contribution in [2.45, 2.75) is 32.2 Å². The van der Waals surface area contributed by atoms with Crippen molar-refractivity contribution >= 4 is 41.4 Å². The molecule has 41 heavy (non-hydrogen) atoms. The number of rotatable bonds is 7. The molecule has 2 aliphatic heterocycles. The largest absolute Gasteiger partial charge is 0.379 e. The number of nitrogens with one attached hydrogen (secondary N) is 2. The van der Waals surface area contributed by atoms with Gasteiger partial charge in [0.1, 0.15) is 5.82 Å². The summed E-state index contributed by atoms with van der Waals surface area (Å²) < 4.78 is 36.2. The van der Waals surface area contributed by atoms with Crippen molar-refractivity contribution in [3.8, 4) is 0 Å². The summed E-state index contributed by atoms with van der Waals surface area (Å²) in [5, 5.41) is 17.8. The van der Waals surface area contributed by atoms with E-state index in [1.807, 2.05) is 23.9 Å². The van der Waals surface area contributed by atoms with Gasteiger partial charge in [0.05, 0.1) is 29.1 Å². The maximum Gasteiger partial charge on any atom is 0.269 e. The lowest BCUT2D eigenvalue weighted by atomic mass is 9.81. The van der Waals surface area contributed by atoms with E-state index in [2.05, 4.69) is 36.1 Å². The number of morpholine rings is 1. The SMILES string of the molecule is C[C@@H]1N(C)c2cc(NC(=O)c3ccc(F)cc3)c([P@@](=O)(Nc3ccc([N+](=O)[O-])cc3)N3CCOCC3)cc2C1(C)C. The van der Waals surface area contributed by atoms with Crippen LogP contribution in [0.25, 0.3) is 0 Å². The predicted molar refractivity (Wildman–Crippen MR) is 158 cm³/mol. The van der Waals surface area contributed by atoms with Gasteiger partial charge in [-0.25, -0.2) is 9.06 Å². The Morgan fingerprint density at radius 3 is 2.34 bits per heavy atom. The second-order valence-corrected chi connectivity index (χ2v) is 13.3. The normalized spacial score (nSPS) is 19.7. The zero-order chi connectivity index (χ0) is 29.5. The second-order valence-electron chi connectivity index (χ2n) is 10.9. The van der Waals surface area contributed by atoms with Crippen LogP contribution in [0.15, 0.2) is 60.7 Å². The van der Waals surface area contributed by atoms with E-state index in [1.165, 1.54) is 48.5 Å². The van der Waals surface area contributed by atoms with Gasteiger partial charge in [-0.05, 0) is 61.0 Å². The second kappa shape index (κ2) is 10.9. The molecule has 3 aromatic carbocycles. The van der Waals surface area contributed by atoms with E-state index >= 15 is 4.57 Å². The number of non-ortho nitro benzene ring substituents is 1. The molecular formula is C29H33FN5O5P. The van der Waals surface area contributed by atoms with Crippen molar-refractivity contribution in [1.82, 2.24) is 4.67 Å². The van der Waals surface area contributed by atoms with E-state index in [-0.39, 0.29) is 22.7 Å². The molecule has 0 unspecified atom stereocenters. The average Bonchev–Trinajstić information content (AvgIpc) is 3.12. The molecule has 216 valence electrons. The van der Waals surface area contributed by atoms with Gasteiger partial charge in [-0.15, -0.1) is 0 Å². The third-order valence-electron chi connectivity index (χ3n) is 8.24. The first-order chi connectivity index (χ1) is 19.4. The molecular weight excluding hydrogens is 548 g/mol. The summed E-state index contributed by atoms with van der Waals surface area (Å²) in [5.41, 5.74) is 2.57. The summed E-state index contributed by atoms with van der Waals surface area (Å²) in [6.07, 6.45) is 0. The number of nitro benzene ring substituents is 1. The van der Waals surface area contributed by atoms with Crippen molar-refractivity contribution < 1.29 is 23.4 Å². The molecule has 12 heteroatoms. The maximum atomic E-state index is 15.3. The molecule has 2 aliphatic rings. The van der Waals surface area contributed by atoms with E-state index in [0.29, 0.717) is 43.0 Å². The van der Waals surface area contributed by atoms with Gasteiger partial charge >= 0.3 is 0 Å². The molecule has 5 rings (SSSR count). The molecule has 2 N–H and O–H groups in total. The number of nitro groups is 1. The number of nitrogens with zero attached hydrogens (tertiary/aromatic N) is 3. The van der Waals surface area contributed by atoms with Crippen LogP contribution in [-0.2, 0) is 14.7 Å². The lowest BCUT2D eigenvalue weighted by molar-refractivity contribution is -0.384. The van der Waals surface area contributed by atoms with Gasteiger partial charge in [-0.1, -0.05) is 13.8 Å². The standard InChI is InChI=1S/C29H33FN5O5P/c1-19-29(2,3)24-17-27(25(18-26(24)33(19)4)31-28(36)20-5-7-21(30)8-6-20)41(39,34-13-15-40-16-14-34)32-22-9-11-23(12-10-22)35(37)38/h5-12,17-19H,13-16H2,1-4H3,(H,31,36)(H,32,39)/t19-,41+/m0/s1. The minimum atomic E-state index is -3.69. The Morgan fingerprint density at radius 1 is 1.10 bits per heavy atom. The first-order valence-corrected chi connectivity index (χ1v) is 15.0. The van der Waals surface area contributed by atoms with Crippen LogP contribution < -0.4 is 20.6 Å². The Bertz CT molecular complexity index is 1520. The highest BCUT2D eigenvalue weighted by Gasteiger charge is 2.44. The highest BCUT2D eigenvalue weighted by molar-refractivity contribution is 7.71. The Labute approximate surface area is 238 Å². The summed E-state index contributed by atoms with van der Waals surface area (Å²) in [6, 6.07) is 14.8. The number of halogens is 1. The number of fused-ring (bicyclic) bond motifs is 1. The van der Waals surface area contributed by atoms with E-state index < -0.39 is 24.1 Å². The van der Waals surface area contributed by atoms with Crippen LogP contribution in [0, 0.1) is 15.9 Å². The Kier molecular flexibility index (Phi) is 7.63. The molecule has 10 nitrogen and oxygen atoms in total. The van der Waals surface area contributed by atoms with Crippen LogP contribution in [0.4, 0.5) is 27.1 Å². The van der Waals surface area contributed by atoms with Crippen LogP contribution in [0.1, 0.15) is 36.7 Å². The lowest BCUT2D eigenvalue weighted by Crippen LogP contribution is -2.40. The van der Waals surface area contributed by atoms with Crippen LogP contribution in [-0.4, -0.2) is 54.9 Å². The van der Waals surface area contributed by atoms with Gasteiger partial charge in [0.2, 0.25) is 0 Å². The van der Waals surface area contributed by atoms with E-state index in [9.17, 15) is 19.3 Å². The van der Waals surface area contributed by atoms with Crippen LogP contribution >= 0.6 is 7.44 Å². The summed E-state index contributed by atoms with van der Waals surface area (Å²) in [7, 11) is -1.70. The van der Waals surface area contributed by atoms with Gasteiger partial charge < -0.3 is 20.0 Å². The number of anilines is 3. The van der Waals surface area contributed by atoms with E-state index in [1.54, 1.807) is 0 Å². The minimum Gasteiger partial charge on any atom is -0.379 e. The van der Waals surface area contributed by atoms with Crippen molar-refractivity contribution in [3.05, 3.63) is 87.7 Å². The molecule has 2 atom stereocenters. The van der Waals surface area contributed by atoms with Crippen LogP contribution in [0.3, 0.4) is 0 Å². The number of carbonyl (C=O) groups excluding carboxylic acids is 1. The fraction of sp³-hybridized carbons (Fsp3) is 0.345. The number of ether oxygens (including phenoxy) is 1. The molecule has 0 aromatic heterocycles. The molecule has 0 radical (unpaired) electrons. The molecule has 1 fully saturated rings. The smallest absolute Gasteiger partial charge is 0.269 e. The number of carbonyl (C=O) groups is 1. The van der Waals surface area contributed by atoms with Gasteiger partial charge in [0.15, 0.2) is 0 Å². The number of hydrogen-bond acceptors (Lipinski definition) is 6. The third kappa shape index (κ3) is 5.32. The Balaban J connectivity index is 1.67. The van der Waals surface area contributed by atoms with Crippen molar-refractivity contribution in [2.75, 3.05) is 48.7 Å². The highest BCUT2D eigenvalue weighted by atomic mass is 31.2. The minimum absolute atomic E-state index is 0.0830. The van der Waals surface area contributed by atoms with Crippen molar-refractivity contribution in [3.63, 3.8) is 0 Å². The van der Waals surface area contributed by atoms with Crippen molar-refractivity contribution in [1.29, 1.82) is 0 Å². The zero-order valence-corrected chi connectivity index (χ0v) is 24.3. The quantitative estimate of drug-likeness (QED) is 0.218. The number of hydrogen-bond donors (Lipinski definition) is 2. The van der Waals surface area contributed by atoms with Gasteiger partial charge in [0.25, 0.3) is 19.0 Å². The van der Waals surface area contributed by atoms with Crippen LogP contribution in [0.2, 0.25) is 0 Å². The highest BCUT2D eigenvalue weighted by Crippen LogP contribution is 2.54. The number of amides is 1. The average molecular weight is 582 g/mol. The van der Waals surface area contributed by atoms with Crippen LogP contribution in [0.5, 0.6) is 0 Å². The molecule has 1 saturated heterocycles. The lowest BCUT2D eigenvalue weighted by Gasteiger charge is -2.36. The van der Waals surface area contributed by atoms with Gasteiger partial charge in [0, 0.05) is 60.7 Å². The summed E-state index contributed by atoms with van der Waals surface area (Å²) in [5.74, 6) is -0.926. The molecule has 0 saturated carbocycles. The molecule has 2 heterocycles. The van der Waals surface area contributed by atoms with Crippen molar-refractivity contribution in [2.24, 2.45) is 0 Å². The summed E-state index contributed by atoms with van der Waals surface area (Å²) >= 11 is 0. The number of likely N-dealkylation sites (N-methyl/N-ethyl adjacent to an activating group) is 1. The Morgan fingerprint density at radius 2 is 1.73 bits per heavy atom. The predicted octanol–water partition coefficient (Wildman–Crippen LogP) is 5.36. The van der Waals surface area contributed by atoms with Gasteiger partial charge in [-0.3, -0.25) is 19.5 Å². The van der Waals surface area contributed by atoms with E-state index in [0.717, 1.165) is 11.3 Å². The molecule has 0 aliphatic carbocycles. The van der Waals surface area contributed by atoms with E-state index in [4.69, 9.17) is 4.74 Å². The maximum absolute atomic E-state index is 15.3. The Hall–Kier alpha value is -3.79. The first kappa shape index (κ1) is 28.7. The fourth-order valence-corrected chi connectivity index (χ4v) is 7.94.